The standard InChI is InChI=1S/C12H14O2S/c1-15-5-4-12(13)9-2-3-10-7-14-8-11(10)6-9/h2-3,6H,4-5,7-8H2,1H3. The van der Waals surface area contributed by atoms with Gasteiger partial charge in [-0.25, -0.2) is 0 Å². The Kier molecular flexibility index (Phi) is 3.44. The normalized spacial score (nSPS) is 13.9. The molecule has 0 N–H and O–H groups in total. The van der Waals surface area contributed by atoms with Crippen LogP contribution in [0.15, 0.2) is 18.2 Å². The number of thioether (sulfide) groups is 1. The van der Waals surface area contributed by atoms with Crippen LogP contribution in [0.1, 0.15) is 27.9 Å². The molecule has 0 radical (unpaired) electrons. The molecule has 80 valence electrons. The van der Waals surface area contributed by atoms with Crippen LogP contribution in [0.5, 0.6) is 0 Å². The highest BCUT2D eigenvalue weighted by Gasteiger charge is 2.13. The van der Waals surface area contributed by atoms with Crippen LogP contribution in [0.3, 0.4) is 0 Å². The second kappa shape index (κ2) is 4.81. The summed E-state index contributed by atoms with van der Waals surface area (Å²) in [6.07, 6.45) is 2.64. The molecule has 0 aliphatic carbocycles. The van der Waals surface area contributed by atoms with E-state index in [0.717, 1.165) is 11.3 Å². The number of ether oxygens (including phenoxy) is 1. The largest absolute Gasteiger partial charge is 0.372 e. The van der Waals surface area contributed by atoms with Crippen molar-refractivity contribution in [2.24, 2.45) is 0 Å². The van der Waals surface area contributed by atoms with E-state index in [1.54, 1.807) is 11.8 Å². The Morgan fingerprint density at radius 3 is 3.00 bits per heavy atom. The van der Waals surface area contributed by atoms with Crippen molar-refractivity contribution in [2.45, 2.75) is 19.6 Å². The lowest BCUT2D eigenvalue weighted by Crippen LogP contribution is -2.01. The number of hydrogen-bond acceptors (Lipinski definition) is 3. The van der Waals surface area contributed by atoms with Gasteiger partial charge in [-0.05, 0) is 23.4 Å². The Morgan fingerprint density at radius 1 is 1.40 bits per heavy atom. The summed E-state index contributed by atoms with van der Waals surface area (Å²) in [7, 11) is 0. The zero-order valence-corrected chi connectivity index (χ0v) is 9.60. The minimum absolute atomic E-state index is 0.235. The van der Waals surface area contributed by atoms with E-state index in [2.05, 4.69) is 0 Å². The van der Waals surface area contributed by atoms with E-state index in [1.165, 1.54) is 11.1 Å². The van der Waals surface area contributed by atoms with Crippen molar-refractivity contribution in [3.05, 3.63) is 34.9 Å². The first-order valence-corrected chi connectivity index (χ1v) is 6.42. The van der Waals surface area contributed by atoms with Gasteiger partial charge in [-0.3, -0.25) is 4.79 Å². The molecule has 1 heterocycles. The van der Waals surface area contributed by atoms with E-state index in [9.17, 15) is 4.79 Å². The van der Waals surface area contributed by atoms with Gasteiger partial charge in [0, 0.05) is 17.7 Å². The molecule has 2 nitrogen and oxygen atoms in total. The molecule has 0 saturated heterocycles. The molecule has 0 saturated carbocycles. The third kappa shape index (κ3) is 2.41. The van der Waals surface area contributed by atoms with Crippen LogP contribution in [0, 0.1) is 0 Å². The van der Waals surface area contributed by atoms with E-state index in [-0.39, 0.29) is 5.78 Å². The summed E-state index contributed by atoms with van der Waals surface area (Å²) in [6, 6.07) is 5.90. The molecule has 0 aromatic heterocycles. The van der Waals surface area contributed by atoms with E-state index < -0.39 is 0 Å². The van der Waals surface area contributed by atoms with Crippen LogP contribution in [-0.2, 0) is 18.0 Å². The number of carbonyl (C=O) groups is 1. The second-order valence-corrected chi connectivity index (χ2v) is 4.63. The molecule has 0 spiro atoms. The molecule has 1 aliphatic rings. The first-order chi connectivity index (χ1) is 7.31. The zero-order valence-electron chi connectivity index (χ0n) is 8.79. The van der Waals surface area contributed by atoms with Crippen LogP contribution < -0.4 is 0 Å². The fraction of sp³-hybridized carbons (Fsp3) is 0.417. The van der Waals surface area contributed by atoms with Crippen molar-refractivity contribution in [3.8, 4) is 0 Å². The molecule has 1 aromatic carbocycles. The van der Waals surface area contributed by atoms with Gasteiger partial charge < -0.3 is 4.74 Å². The molecular weight excluding hydrogens is 208 g/mol. The number of benzene rings is 1. The third-order valence-corrected chi connectivity index (χ3v) is 3.19. The maximum atomic E-state index is 11.7. The van der Waals surface area contributed by atoms with Crippen LogP contribution in [-0.4, -0.2) is 17.8 Å². The van der Waals surface area contributed by atoms with E-state index in [4.69, 9.17) is 4.74 Å². The van der Waals surface area contributed by atoms with E-state index in [1.807, 2.05) is 24.5 Å². The third-order valence-electron chi connectivity index (χ3n) is 2.58. The Bertz CT molecular complexity index is 374. The molecule has 0 amide bonds. The zero-order chi connectivity index (χ0) is 10.7. The number of ketones is 1. The Morgan fingerprint density at radius 2 is 2.20 bits per heavy atom. The molecule has 0 atom stereocenters. The van der Waals surface area contributed by atoms with Gasteiger partial charge in [0.25, 0.3) is 0 Å². The number of rotatable bonds is 4. The van der Waals surface area contributed by atoms with Crippen LogP contribution in [0.4, 0.5) is 0 Å². The molecular formula is C12H14O2S. The summed E-state index contributed by atoms with van der Waals surface area (Å²) in [6.45, 7) is 1.34. The van der Waals surface area contributed by atoms with Gasteiger partial charge in [-0.1, -0.05) is 12.1 Å². The van der Waals surface area contributed by atoms with E-state index >= 15 is 0 Å². The molecule has 1 aliphatic heterocycles. The maximum Gasteiger partial charge on any atom is 0.163 e. The van der Waals surface area contributed by atoms with Gasteiger partial charge in [0.1, 0.15) is 0 Å². The predicted molar refractivity (Wildman–Crippen MR) is 62.3 cm³/mol. The first kappa shape index (κ1) is 10.7. The highest BCUT2D eigenvalue weighted by atomic mass is 32.2. The molecule has 1 aromatic rings. The van der Waals surface area contributed by atoms with Gasteiger partial charge in [-0.15, -0.1) is 0 Å². The summed E-state index contributed by atoms with van der Waals surface area (Å²) in [5.74, 6) is 1.13. The molecule has 0 fully saturated rings. The van der Waals surface area contributed by atoms with Gasteiger partial charge >= 0.3 is 0 Å². The average Bonchev–Trinajstić information content (AvgIpc) is 2.72. The van der Waals surface area contributed by atoms with Crippen molar-refractivity contribution >= 4 is 17.5 Å². The fourth-order valence-corrected chi connectivity index (χ4v) is 2.07. The lowest BCUT2D eigenvalue weighted by atomic mass is 10.0. The number of hydrogen-bond donors (Lipinski definition) is 0. The highest BCUT2D eigenvalue weighted by molar-refractivity contribution is 7.98. The SMILES string of the molecule is CSCCC(=O)c1ccc2c(c1)COC2. The number of carbonyl (C=O) groups excluding carboxylic acids is 1. The minimum Gasteiger partial charge on any atom is -0.372 e. The summed E-state index contributed by atoms with van der Waals surface area (Å²) in [5.41, 5.74) is 3.22. The minimum atomic E-state index is 0.235. The number of fused-ring (bicyclic) bond motifs is 1. The van der Waals surface area contributed by atoms with Gasteiger partial charge in [0.05, 0.1) is 13.2 Å². The summed E-state index contributed by atoms with van der Waals surface area (Å²) in [5, 5.41) is 0. The second-order valence-electron chi connectivity index (χ2n) is 3.64. The summed E-state index contributed by atoms with van der Waals surface area (Å²) < 4.78 is 5.32. The predicted octanol–water partition coefficient (Wildman–Crippen LogP) is 2.65. The number of Topliss-reactive ketones (excluding diaryl/α,β-unsaturated/α-hetero) is 1. The molecule has 15 heavy (non-hydrogen) atoms. The molecule has 2 rings (SSSR count). The quantitative estimate of drug-likeness (QED) is 0.733. The molecule has 0 bridgehead atoms. The van der Waals surface area contributed by atoms with Crippen molar-refractivity contribution in [1.82, 2.24) is 0 Å². The Hall–Kier alpha value is -0.800. The van der Waals surface area contributed by atoms with Gasteiger partial charge in [0.2, 0.25) is 0 Å². The average molecular weight is 222 g/mol. The smallest absolute Gasteiger partial charge is 0.163 e. The van der Waals surface area contributed by atoms with Gasteiger partial charge in [0.15, 0.2) is 5.78 Å². The van der Waals surface area contributed by atoms with Crippen molar-refractivity contribution < 1.29 is 9.53 Å². The summed E-state index contributed by atoms with van der Waals surface area (Å²) in [4.78, 5) is 11.7. The lowest BCUT2D eigenvalue weighted by Gasteiger charge is -2.02. The van der Waals surface area contributed by atoms with Crippen LogP contribution in [0.25, 0.3) is 0 Å². The van der Waals surface area contributed by atoms with Gasteiger partial charge in [-0.2, -0.15) is 11.8 Å². The molecule has 0 unspecified atom stereocenters. The van der Waals surface area contributed by atoms with Crippen molar-refractivity contribution in [3.63, 3.8) is 0 Å². The van der Waals surface area contributed by atoms with E-state index in [0.29, 0.717) is 19.6 Å². The fourth-order valence-electron chi connectivity index (χ4n) is 1.68. The van der Waals surface area contributed by atoms with Crippen molar-refractivity contribution in [1.29, 1.82) is 0 Å². The maximum absolute atomic E-state index is 11.7. The Balaban J connectivity index is 2.12. The summed E-state index contributed by atoms with van der Waals surface area (Å²) >= 11 is 1.70. The highest BCUT2D eigenvalue weighted by Crippen LogP contribution is 2.21. The topological polar surface area (TPSA) is 26.3 Å². The molecule has 3 heteroatoms. The monoisotopic (exact) mass is 222 g/mol. The lowest BCUT2D eigenvalue weighted by molar-refractivity contribution is 0.0989. The van der Waals surface area contributed by atoms with Crippen molar-refractivity contribution in [2.75, 3.05) is 12.0 Å². The first-order valence-electron chi connectivity index (χ1n) is 5.03. The van der Waals surface area contributed by atoms with Crippen LogP contribution >= 0.6 is 11.8 Å². The Labute approximate surface area is 94.0 Å². The van der Waals surface area contributed by atoms with Crippen LogP contribution in [0.2, 0.25) is 0 Å².